The van der Waals surface area contributed by atoms with Gasteiger partial charge < -0.3 is 5.11 Å². The van der Waals surface area contributed by atoms with Crippen LogP contribution in [0.2, 0.25) is 0 Å². The van der Waals surface area contributed by atoms with Crippen molar-refractivity contribution in [3.63, 3.8) is 0 Å². The van der Waals surface area contributed by atoms with Crippen molar-refractivity contribution in [2.45, 2.75) is 63.7 Å². The number of thiazole rings is 1. The first-order valence-electron chi connectivity index (χ1n) is 12.0. The number of hydrogen-bond acceptors (Lipinski definition) is 7. The Balaban J connectivity index is 1.41. The fraction of sp³-hybridized carbons (Fsp3) is 0.423. The van der Waals surface area contributed by atoms with Gasteiger partial charge in [-0.1, -0.05) is 45.0 Å². The Morgan fingerprint density at radius 2 is 1.73 bits per heavy atom. The molecule has 1 aliphatic rings. The molecule has 0 bridgehead atoms. The van der Waals surface area contributed by atoms with Crippen LogP contribution in [0.3, 0.4) is 0 Å². The van der Waals surface area contributed by atoms with E-state index < -0.39 is 27.8 Å². The molecule has 2 N–H and O–H groups in total. The van der Waals surface area contributed by atoms with E-state index in [1.807, 2.05) is 0 Å². The van der Waals surface area contributed by atoms with Crippen LogP contribution in [0.1, 0.15) is 65.3 Å². The highest BCUT2D eigenvalue weighted by molar-refractivity contribution is 7.91. The maximum atomic E-state index is 12.9. The Bertz CT molecular complexity index is 1320. The van der Waals surface area contributed by atoms with Gasteiger partial charge in [-0.15, -0.1) is 11.3 Å². The molecule has 0 spiro atoms. The van der Waals surface area contributed by atoms with Crippen molar-refractivity contribution in [3.8, 4) is 0 Å². The van der Waals surface area contributed by atoms with Gasteiger partial charge >= 0.3 is 6.18 Å². The molecule has 0 amide bonds. The summed E-state index contributed by atoms with van der Waals surface area (Å²) in [6, 6.07) is 11.8. The molecule has 2 atom stereocenters. The molecule has 0 radical (unpaired) electrons. The Labute approximate surface area is 219 Å². The standard InChI is InChI=1S/C26H30F3N3O3S2/c1-4-37(34,35)20-11-7-17(8-12-20)13-30-24(33)25-31-22-21(36-25)15-32(23(22)16(2)3)14-18-5-9-19(10-6-18)26(27,28)29/h5-12,16,23-24,30,33H,4,13-15H2,1-3H3/t23-,24?/m0/s1. The van der Waals surface area contributed by atoms with E-state index in [1.165, 1.54) is 23.5 Å². The molecule has 2 aromatic carbocycles. The van der Waals surface area contributed by atoms with Crippen LogP contribution in [0, 0.1) is 5.92 Å². The lowest BCUT2D eigenvalue weighted by Crippen LogP contribution is -2.26. The average molecular weight is 554 g/mol. The number of sulfone groups is 1. The largest absolute Gasteiger partial charge is 0.416 e. The maximum absolute atomic E-state index is 12.9. The highest BCUT2D eigenvalue weighted by Crippen LogP contribution is 2.42. The van der Waals surface area contributed by atoms with Crippen molar-refractivity contribution in [2.75, 3.05) is 5.75 Å². The Kier molecular flexibility index (Phi) is 8.10. The van der Waals surface area contributed by atoms with Gasteiger partial charge in [-0.3, -0.25) is 10.2 Å². The summed E-state index contributed by atoms with van der Waals surface area (Å²) in [5, 5.41) is 14.3. The number of nitrogens with zero attached hydrogens (tertiary/aromatic N) is 2. The number of fused-ring (bicyclic) bond motifs is 1. The first-order chi connectivity index (χ1) is 17.4. The molecular weight excluding hydrogens is 523 g/mol. The van der Waals surface area contributed by atoms with E-state index in [0.717, 1.165) is 33.8 Å². The molecule has 1 aromatic heterocycles. The van der Waals surface area contributed by atoms with E-state index in [-0.39, 0.29) is 22.6 Å². The van der Waals surface area contributed by atoms with E-state index in [1.54, 1.807) is 31.2 Å². The lowest BCUT2D eigenvalue weighted by Gasteiger charge is -2.28. The van der Waals surface area contributed by atoms with E-state index in [9.17, 15) is 26.7 Å². The molecule has 0 saturated heterocycles. The molecule has 2 heterocycles. The molecule has 4 rings (SSSR count). The highest BCUT2D eigenvalue weighted by atomic mass is 32.2. The number of aliphatic hydroxyl groups excluding tert-OH is 1. The van der Waals surface area contributed by atoms with Crippen LogP contribution in [0.5, 0.6) is 0 Å². The van der Waals surface area contributed by atoms with Crippen LogP contribution < -0.4 is 5.32 Å². The third-order valence-corrected chi connectivity index (χ3v) is 9.32. The molecule has 11 heteroatoms. The third-order valence-electron chi connectivity index (χ3n) is 6.46. The predicted molar refractivity (Wildman–Crippen MR) is 136 cm³/mol. The SMILES string of the molecule is CCS(=O)(=O)c1ccc(CNC(O)c2nc3c(s2)CN(Cc2ccc(C(F)(F)F)cc2)[C@H]3C(C)C)cc1. The summed E-state index contributed by atoms with van der Waals surface area (Å²) >= 11 is 1.42. The summed E-state index contributed by atoms with van der Waals surface area (Å²) in [7, 11) is -3.26. The number of hydrogen-bond donors (Lipinski definition) is 2. The van der Waals surface area contributed by atoms with Crippen LogP contribution in [-0.2, 0) is 35.6 Å². The molecule has 0 aliphatic carbocycles. The quantitative estimate of drug-likeness (QED) is 0.343. The second kappa shape index (κ2) is 10.8. The smallest absolute Gasteiger partial charge is 0.372 e. The number of rotatable bonds is 9. The predicted octanol–water partition coefficient (Wildman–Crippen LogP) is 5.45. The Morgan fingerprint density at radius 1 is 1.11 bits per heavy atom. The molecular formula is C26H30F3N3O3S2. The first kappa shape index (κ1) is 27.7. The number of aromatic nitrogens is 1. The maximum Gasteiger partial charge on any atom is 0.416 e. The van der Waals surface area contributed by atoms with Gasteiger partial charge in [-0.2, -0.15) is 13.2 Å². The lowest BCUT2D eigenvalue weighted by atomic mass is 10.0. The lowest BCUT2D eigenvalue weighted by molar-refractivity contribution is -0.137. The summed E-state index contributed by atoms with van der Waals surface area (Å²) < 4.78 is 62.6. The molecule has 0 saturated carbocycles. The van der Waals surface area contributed by atoms with Crippen molar-refractivity contribution in [1.82, 2.24) is 15.2 Å². The van der Waals surface area contributed by atoms with Gasteiger partial charge in [-0.05, 0) is 41.3 Å². The van der Waals surface area contributed by atoms with E-state index in [0.29, 0.717) is 24.6 Å². The van der Waals surface area contributed by atoms with Crippen LogP contribution in [-0.4, -0.2) is 29.2 Å². The van der Waals surface area contributed by atoms with Gasteiger partial charge in [0, 0.05) is 24.5 Å². The summed E-state index contributed by atoms with van der Waals surface area (Å²) in [5.74, 6) is 0.255. The molecule has 3 aromatic rings. The molecule has 1 aliphatic heterocycles. The van der Waals surface area contributed by atoms with E-state index in [2.05, 4.69) is 24.1 Å². The fourth-order valence-electron chi connectivity index (χ4n) is 4.51. The minimum Gasteiger partial charge on any atom is -0.372 e. The minimum atomic E-state index is -4.36. The van der Waals surface area contributed by atoms with Crippen molar-refractivity contribution in [3.05, 3.63) is 80.8 Å². The first-order valence-corrected chi connectivity index (χ1v) is 14.5. The Morgan fingerprint density at radius 3 is 2.30 bits per heavy atom. The number of nitrogens with one attached hydrogen (secondary N) is 1. The van der Waals surface area contributed by atoms with E-state index >= 15 is 0 Å². The molecule has 0 fully saturated rings. The fourth-order valence-corrected chi connectivity index (χ4v) is 6.48. The number of aliphatic hydroxyl groups is 1. The second-order valence-electron chi connectivity index (χ2n) is 9.48. The summed E-state index contributed by atoms with van der Waals surface area (Å²) in [6.45, 7) is 7.21. The monoisotopic (exact) mass is 553 g/mol. The zero-order valence-electron chi connectivity index (χ0n) is 20.8. The minimum absolute atomic E-state index is 0.0115. The van der Waals surface area contributed by atoms with Crippen LogP contribution >= 0.6 is 11.3 Å². The van der Waals surface area contributed by atoms with Crippen LogP contribution in [0.4, 0.5) is 13.2 Å². The zero-order chi connectivity index (χ0) is 27.0. The summed E-state index contributed by atoms with van der Waals surface area (Å²) in [6.07, 6.45) is -5.34. The summed E-state index contributed by atoms with van der Waals surface area (Å²) in [5.41, 5.74) is 1.87. The number of benzene rings is 2. The van der Waals surface area contributed by atoms with Gasteiger partial charge in [0.2, 0.25) is 0 Å². The molecule has 200 valence electrons. The van der Waals surface area contributed by atoms with Gasteiger partial charge in [0.1, 0.15) is 5.01 Å². The van der Waals surface area contributed by atoms with Crippen LogP contribution in [0.25, 0.3) is 0 Å². The van der Waals surface area contributed by atoms with Crippen molar-refractivity contribution in [1.29, 1.82) is 0 Å². The highest BCUT2D eigenvalue weighted by Gasteiger charge is 2.37. The average Bonchev–Trinajstić information content (AvgIpc) is 3.40. The topological polar surface area (TPSA) is 82.5 Å². The number of alkyl halides is 3. The molecule has 1 unspecified atom stereocenters. The second-order valence-corrected chi connectivity index (χ2v) is 12.9. The normalized spacial score (nSPS) is 17.4. The molecule has 6 nitrogen and oxygen atoms in total. The Hall–Kier alpha value is -2.31. The molecule has 37 heavy (non-hydrogen) atoms. The zero-order valence-corrected chi connectivity index (χ0v) is 22.4. The van der Waals surface area contributed by atoms with E-state index in [4.69, 9.17) is 4.98 Å². The third kappa shape index (κ3) is 6.23. The van der Waals surface area contributed by atoms with Gasteiger partial charge in [0.25, 0.3) is 0 Å². The van der Waals surface area contributed by atoms with Crippen molar-refractivity contribution < 1.29 is 26.7 Å². The van der Waals surface area contributed by atoms with Gasteiger partial charge in [0.15, 0.2) is 16.1 Å². The van der Waals surface area contributed by atoms with Crippen molar-refractivity contribution >= 4 is 21.2 Å². The van der Waals surface area contributed by atoms with Crippen LogP contribution in [0.15, 0.2) is 53.4 Å². The summed E-state index contributed by atoms with van der Waals surface area (Å²) in [4.78, 5) is 8.25. The van der Waals surface area contributed by atoms with Gasteiger partial charge in [-0.25, -0.2) is 13.4 Å². The van der Waals surface area contributed by atoms with Gasteiger partial charge in [0.05, 0.1) is 27.9 Å². The number of halogens is 3. The van der Waals surface area contributed by atoms with Crippen molar-refractivity contribution in [2.24, 2.45) is 5.92 Å².